The van der Waals surface area contributed by atoms with E-state index < -0.39 is 0 Å². The highest BCUT2D eigenvalue weighted by molar-refractivity contribution is 6.31. The Morgan fingerprint density at radius 1 is 0.944 bits per heavy atom. The molecular formula is C16H12NO. The molecule has 1 radical (unpaired) electrons. The van der Waals surface area contributed by atoms with Crippen LogP contribution in [0.25, 0.3) is 5.57 Å². The molecule has 2 aromatic rings. The minimum atomic E-state index is -0.111. The van der Waals surface area contributed by atoms with Gasteiger partial charge in [-0.1, -0.05) is 48.5 Å². The van der Waals surface area contributed by atoms with Crippen LogP contribution in [0.1, 0.15) is 11.1 Å². The van der Waals surface area contributed by atoms with Gasteiger partial charge in [-0.25, -0.2) is 0 Å². The van der Waals surface area contributed by atoms with E-state index in [4.69, 9.17) is 6.58 Å². The van der Waals surface area contributed by atoms with Gasteiger partial charge in [0.25, 0.3) is 5.91 Å². The smallest absolute Gasteiger partial charge is 0.259 e. The van der Waals surface area contributed by atoms with Crippen molar-refractivity contribution in [2.75, 3.05) is 4.90 Å². The van der Waals surface area contributed by atoms with Crippen molar-refractivity contribution in [3.8, 4) is 0 Å². The lowest BCUT2D eigenvalue weighted by Crippen LogP contribution is -2.25. The van der Waals surface area contributed by atoms with E-state index in [0.717, 1.165) is 16.8 Å². The van der Waals surface area contributed by atoms with E-state index in [2.05, 4.69) is 0 Å². The molecule has 1 heterocycles. The monoisotopic (exact) mass is 234 g/mol. The summed E-state index contributed by atoms with van der Waals surface area (Å²) in [6.07, 6.45) is 0. The van der Waals surface area contributed by atoms with Crippen LogP contribution in [-0.4, -0.2) is 5.91 Å². The zero-order valence-electron chi connectivity index (χ0n) is 9.84. The second-order valence-electron chi connectivity index (χ2n) is 4.31. The number of hydrogen-bond acceptors (Lipinski definition) is 1. The van der Waals surface area contributed by atoms with Crippen molar-refractivity contribution in [2.45, 2.75) is 6.54 Å². The van der Waals surface area contributed by atoms with Crippen molar-refractivity contribution in [1.29, 1.82) is 0 Å². The third kappa shape index (κ3) is 1.63. The van der Waals surface area contributed by atoms with Gasteiger partial charge in [-0.05, 0) is 18.2 Å². The molecule has 0 aliphatic carbocycles. The Labute approximate surface area is 106 Å². The lowest BCUT2D eigenvalue weighted by atomic mass is 10.1. The maximum absolute atomic E-state index is 12.1. The highest BCUT2D eigenvalue weighted by atomic mass is 16.2. The van der Waals surface area contributed by atoms with Crippen molar-refractivity contribution >= 4 is 17.2 Å². The van der Waals surface area contributed by atoms with Crippen LogP contribution in [0.3, 0.4) is 0 Å². The van der Waals surface area contributed by atoms with E-state index >= 15 is 0 Å². The lowest BCUT2D eigenvalue weighted by Gasteiger charge is -2.17. The Morgan fingerprint density at radius 3 is 2.39 bits per heavy atom. The summed E-state index contributed by atoms with van der Waals surface area (Å²) in [6.45, 7) is 6.41. The standard InChI is InChI=1S/C16H12NO/c1-12-14-9-5-6-10-15(14)17(16(12)18)11-13-7-3-2-4-8-13/h1-10H,11H2. The van der Waals surface area contributed by atoms with Crippen LogP contribution in [0.2, 0.25) is 0 Å². The summed E-state index contributed by atoms with van der Waals surface area (Å²) in [7, 11) is 0. The fourth-order valence-electron chi connectivity index (χ4n) is 2.23. The number of amides is 1. The first kappa shape index (κ1) is 10.8. The first-order valence-electron chi connectivity index (χ1n) is 5.85. The molecule has 3 rings (SSSR count). The zero-order chi connectivity index (χ0) is 12.5. The van der Waals surface area contributed by atoms with Gasteiger partial charge in [-0.2, -0.15) is 0 Å². The molecule has 2 aromatic carbocycles. The van der Waals surface area contributed by atoms with Gasteiger partial charge in [-0.15, -0.1) is 0 Å². The maximum atomic E-state index is 12.1. The molecule has 0 fully saturated rings. The van der Waals surface area contributed by atoms with Crippen molar-refractivity contribution in [3.63, 3.8) is 0 Å². The van der Waals surface area contributed by atoms with E-state index in [0.29, 0.717) is 12.1 Å². The highest BCUT2D eigenvalue weighted by Crippen LogP contribution is 2.36. The van der Waals surface area contributed by atoms with E-state index in [1.165, 1.54) is 0 Å². The molecule has 0 unspecified atom stereocenters. The molecule has 0 aromatic heterocycles. The molecule has 0 saturated carbocycles. The molecule has 0 saturated heterocycles. The number of carbonyl (C=O) groups is 1. The number of hydrogen-bond donors (Lipinski definition) is 0. The molecule has 1 amide bonds. The summed E-state index contributed by atoms with van der Waals surface area (Å²) in [5.74, 6) is -0.111. The van der Waals surface area contributed by atoms with Gasteiger partial charge in [0.1, 0.15) is 0 Å². The van der Waals surface area contributed by atoms with Gasteiger partial charge in [0, 0.05) is 11.1 Å². The Morgan fingerprint density at radius 2 is 1.61 bits per heavy atom. The average Bonchev–Trinajstić information content (AvgIpc) is 2.66. The summed E-state index contributed by atoms with van der Waals surface area (Å²) < 4.78 is 0. The normalized spacial score (nSPS) is 13.9. The minimum Gasteiger partial charge on any atom is -0.303 e. The van der Waals surface area contributed by atoms with E-state index in [1.807, 2.05) is 54.6 Å². The van der Waals surface area contributed by atoms with Gasteiger partial charge < -0.3 is 4.90 Å². The van der Waals surface area contributed by atoms with E-state index in [1.54, 1.807) is 4.90 Å². The van der Waals surface area contributed by atoms with Crippen LogP contribution in [0.15, 0.2) is 54.6 Å². The van der Waals surface area contributed by atoms with Crippen LogP contribution in [0, 0.1) is 6.58 Å². The summed E-state index contributed by atoms with van der Waals surface area (Å²) in [6, 6.07) is 17.5. The summed E-state index contributed by atoms with van der Waals surface area (Å²) in [5, 5.41) is 0. The number of para-hydroxylation sites is 1. The first-order chi connectivity index (χ1) is 8.77. The molecule has 87 valence electrons. The quantitative estimate of drug-likeness (QED) is 0.731. The first-order valence-corrected chi connectivity index (χ1v) is 5.85. The van der Waals surface area contributed by atoms with Gasteiger partial charge in [0.05, 0.1) is 12.2 Å². The third-order valence-electron chi connectivity index (χ3n) is 3.14. The zero-order valence-corrected chi connectivity index (χ0v) is 9.84. The van der Waals surface area contributed by atoms with Crippen molar-refractivity contribution in [3.05, 3.63) is 72.3 Å². The average molecular weight is 234 g/mol. The van der Waals surface area contributed by atoms with Crippen molar-refractivity contribution in [2.24, 2.45) is 0 Å². The summed E-state index contributed by atoms with van der Waals surface area (Å²) in [5.41, 5.74) is 3.15. The predicted molar refractivity (Wildman–Crippen MR) is 71.8 cm³/mol. The Bertz CT molecular complexity index is 616. The molecule has 18 heavy (non-hydrogen) atoms. The molecule has 0 bridgehead atoms. The predicted octanol–water partition coefficient (Wildman–Crippen LogP) is 3.05. The summed E-state index contributed by atoms with van der Waals surface area (Å²) in [4.78, 5) is 13.9. The number of anilines is 1. The number of benzene rings is 2. The fraction of sp³-hybridized carbons (Fsp3) is 0.0625. The maximum Gasteiger partial charge on any atom is 0.259 e. The van der Waals surface area contributed by atoms with Crippen LogP contribution < -0.4 is 4.90 Å². The van der Waals surface area contributed by atoms with Crippen LogP contribution in [0.5, 0.6) is 0 Å². The summed E-state index contributed by atoms with van der Waals surface area (Å²) >= 11 is 0. The fourth-order valence-corrected chi connectivity index (χ4v) is 2.23. The Hall–Kier alpha value is -2.35. The number of nitrogens with zero attached hydrogens (tertiary/aromatic N) is 1. The largest absolute Gasteiger partial charge is 0.303 e. The molecular weight excluding hydrogens is 222 g/mol. The van der Waals surface area contributed by atoms with Gasteiger partial charge in [-0.3, -0.25) is 4.79 Å². The second kappa shape index (κ2) is 4.15. The number of rotatable bonds is 2. The van der Waals surface area contributed by atoms with E-state index in [-0.39, 0.29) is 5.91 Å². The minimum absolute atomic E-state index is 0.111. The third-order valence-corrected chi connectivity index (χ3v) is 3.14. The van der Waals surface area contributed by atoms with Crippen molar-refractivity contribution < 1.29 is 4.79 Å². The molecule has 2 nitrogen and oxygen atoms in total. The molecule has 0 spiro atoms. The van der Waals surface area contributed by atoms with Crippen LogP contribution in [0.4, 0.5) is 5.69 Å². The second-order valence-corrected chi connectivity index (χ2v) is 4.31. The van der Waals surface area contributed by atoms with Crippen LogP contribution in [-0.2, 0) is 11.3 Å². The van der Waals surface area contributed by atoms with Gasteiger partial charge in [0.15, 0.2) is 0 Å². The topological polar surface area (TPSA) is 20.3 Å². The Balaban J connectivity index is 1.99. The van der Waals surface area contributed by atoms with Crippen molar-refractivity contribution in [1.82, 2.24) is 0 Å². The molecule has 1 aliphatic rings. The van der Waals surface area contributed by atoms with Gasteiger partial charge >= 0.3 is 0 Å². The Kier molecular flexibility index (Phi) is 2.49. The van der Waals surface area contributed by atoms with Gasteiger partial charge in [0.2, 0.25) is 0 Å². The number of carbonyl (C=O) groups excluding carboxylic acids is 1. The lowest BCUT2D eigenvalue weighted by molar-refractivity contribution is -0.113. The highest BCUT2D eigenvalue weighted by Gasteiger charge is 2.30. The number of fused-ring (bicyclic) bond motifs is 1. The van der Waals surface area contributed by atoms with Crippen LogP contribution >= 0.6 is 0 Å². The molecule has 2 heteroatoms. The molecule has 0 atom stereocenters. The molecule has 1 aliphatic heterocycles. The molecule has 0 N–H and O–H groups in total. The SMILES string of the molecule is [CH]=C1C(=O)N(Cc2ccccc2)c2ccccc21. The van der Waals surface area contributed by atoms with E-state index in [9.17, 15) is 4.79 Å².